The van der Waals surface area contributed by atoms with Gasteiger partial charge in [-0.05, 0) is 38.5 Å². The lowest BCUT2D eigenvalue weighted by Gasteiger charge is -2.40. The molecule has 0 aromatic carbocycles. The first kappa shape index (κ1) is 51.9. The average Bonchev–Trinajstić information content (AvgIpc) is 3.18. The summed E-state index contributed by atoms with van der Waals surface area (Å²) in [5.41, 5.74) is 0. The molecule has 1 amide bonds. The molecule has 11 nitrogen and oxygen atoms in total. The summed E-state index contributed by atoms with van der Waals surface area (Å²) < 4.78 is 11.1. The molecule has 9 atom stereocenters. The smallest absolute Gasteiger partial charge is 0.249 e. The maximum absolute atomic E-state index is 13.0. The molecule has 0 spiro atoms. The van der Waals surface area contributed by atoms with Gasteiger partial charge in [-0.2, -0.15) is 0 Å². The Balaban J connectivity index is 2.48. The van der Waals surface area contributed by atoms with Gasteiger partial charge in [-0.15, -0.1) is 0 Å². The first-order valence-corrected chi connectivity index (χ1v) is 22.6. The molecule has 1 fully saturated rings. The van der Waals surface area contributed by atoms with Crippen LogP contribution in [0.4, 0.5) is 0 Å². The Morgan fingerprint density at radius 2 is 1.07 bits per heavy atom. The average molecular weight is 788 g/mol. The zero-order valence-electron chi connectivity index (χ0n) is 34.9. The molecule has 0 bridgehead atoms. The molecule has 0 aromatic rings. The van der Waals surface area contributed by atoms with Crippen LogP contribution in [0.3, 0.4) is 0 Å². The molecule has 1 aliphatic heterocycles. The highest BCUT2D eigenvalue weighted by Gasteiger charge is 2.44. The predicted molar refractivity (Wildman–Crippen MR) is 219 cm³/mol. The highest BCUT2D eigenvalue weighted by atomic mass is 16.7. The molecule has 9 unspecified atom stereocenters. The highest BCUT2D eigenvalue weighted by Crippen LogP contribution is 2.23. The Labute approximate surface area is 334 Å². The van der Waals surface area contributed by atoms with Crippen LogP contribution in [0.5, 0.6) is 0 Å². The number of carbonyl (C=O) groups excluding carboxylic acids is 1. The lowest BCUT2D eigenvalue weighted by molar-refractivity contribution is -0.303. The van der Waals surface area contributed by atoms with Crippen molar-refractivity contribution in [1.29, 1.82) is 0 Å². The van der Waals surface area contributed by atoms with E-state index in [4.69, 9.17) is 9.47 Å². The van der Waals surface area contributed by atoms with E-state index >= 15 is 0 Å². The summed E-state index contributed by atoms with van der Waals surface area (Å²) in [6, 6.07) is -1.18. The second-order valence-corrected chi connectivity index (χ2v) is 16.1. The number of amides is 1. The van der Waals surface area contributed by atoms with Crippen LogP contribution in [0, 0.1) is 0 Å². The number of aliphatic hydroxyl groups is 7. The Kier molecular flexibility index (Phi) is 32.9. The van der Waals surface area contributed by atoms with Crippen LogP contribution in [-0.4, -0.2) is 110 Å². The molecule has 1 heterocycles. The standard InChI is InChI=1S/C44H85NO10/c1-3-5-7-9-11-13-15-17-18-19-20-22-24-26-28-30-32-37(48)43(53)45-35(34-54-44-42(52)41(51)40(50)38(33-46)55-44)39(49)36(47)31-29-27-25-23-21-16-14-12-10-8-6-4-2/h23,25,35-42,44,46-52H,3-22,24,26-34H2,1-2H3,(H,45,53)/b25-23+. The van der Waals surface area contributed by atoms with Gasteiger partial charge in [0, 0.05) is 0 Å². The van der Waals surface area contributed by atoms with Crippen LogP contribution in [0.2, 0.25) is 0 Å². The minimum absolute atomic E-state index is 0.258. The zero-order chi connectivity index (χ0) is 40.5. The van der Waals surface area contributed by atoms with Crippen LogP contribution in [0.1, 0.15) is 194 Å². The van der Waals surface area contributed by atoms with Crippen LogP contribution in [0.25, 0.3) is 0 Å². The summed E-state index contributed by atoms with van der Waals surface area (Å²) in [6.45, 7) is 3.41. The van der Waals surface area contributed by atoms with E-state index in [1.54, 1.807) is 0 Å². The molecular formula is C44H85NO10. The van der Waals surface area contributed by atoms with E-state index < -0.39 is 74.2 Å². The van der Waals surface area contributed by atoms with E-state index in [1.165, 1.54) is 116 Å². The molecule has 1 aliphatic rings. The number of rotatable bonds is 37. The van der Waals surface area contributed by atoms with E-state index in [0.717, 1.165) is 38.5 Å². The maximum atomic E-state index is 13.0. The summed E-state index contributed by atoms with van der Waals surface area (Å²) in [4.78, 5) is 13.0. The van der Waals surface area contributed by atoms with Crippen molar-refractivity contribution in [3.63, 3.8) is 0 Å². The van der Waals surface area contributed by atoms with Gasteiger partial charge in [0.2, 0.25) is 5.91 Å². The van der Waals surface area contributed by atoms with Crippen molar-refractivity contribution < 1.29 is 50.0 Å². The molecule has 0 radical (unpaired) electrons. The predicted octanol–water partition coefficient (Wildman–Crippen LogP) is 6.89. The van der Waals surface area contributed by atoms with E-state index in [0.29, 0.717) is 12.8 Å². The number of unbranched alkanes of at least 4 members (excludes halogenated alkanes) is 23. The number of aliphatic hydroxyl groups excluding tert-OH is 7. The number of carbonyl (C=O) groups is 1. The fraction of sp³-hybridized carbons (Fsp3) is 0.932. The molecule has 0 saturated carbocycles. The second-order valence-electron chi connectivity index (χ2n) is 16.1. The van der Waals surface area contributed by atoms with E-state index in [2.05, 4.69) is 31.3 Å². The molecule has 11 heteroatoms. The van der Waals surface area contributed by atoms with Crippen molar-refractivity contribution in [2.75, 3.05) is 13.2 Å². The zero-order valence-corrected chi connectivity index (χ0v) is 34.9. The minimum atomic E-state index is -1.66. The van der Waals surface area contributed by atoms with Gasteiger partial charge < -0.3 is 50.5 Å². The number of hydrogen-bond acceptors (Lipinski definition) is 10. The second kappa shape index (κ2) is 34.9. The third-order valence-electron chi connectivity index (χ3n) is 11.1. The van der Waals surface area contributed by atoms with Gasteiger partial charge in [0.1, 0.15) is 36.6 Å². The highest BCUT2D eigenvalue weighted by molar-refractivity contribution is 5.80. The van der Waals surface area contributed by atoms with Crippen LogP contribution in [-0.2, 0) is 14.3 Å². The van der Waals surface area contributed by atoms with Crippen molar-refractivity contribution >= 4 is 5.91 Å². The van der Waals surface area contributed by atoms with Gasteiger partial charge in [0.05, 0.1) is 25.4 Å². The summed E-state index contributed by atoms with van der Waals surface area (Å²) in [6.07, 6.45) is 24.1. The summed E-state index contributed by atoms with van der Waals surface area (Å²) >= 11 is 0. The number of nitrogens with one attached hydrogen (secondary N) is 1. The van der Waals surface area contributed by atoms with Crippen molar-refractivity contribution in [2.24, 2.45) is 0 Å². The third kappa shape index (κ3) is 25.1. The topological polar surface area (TPSA) is 189 Å². The molecular weight excluding hydrogens is 702 g/mol. The van der Waals surface area contributed by atoms with Gasteiger partial charge in [-0.25, -0.2) is 0 Å². The van der Waals surface area contributed by atoms with Crippen molar-refractivity contribution in [1.82, 2.24) is 5.32 Å². The number of allylic oxidation sites excluding steroid dienone is 2. The van der Waals surface area contributed by atoms with Gasteiger partial charge >= 0.3 is 0 Å². The molecule has 55 heavy (non-hydrogen) atoms. The van der Waals surface area contributed by atoms with Gasteiger partial charge in [0.25, 0.3) is 0 Å². The number of ether oxygens (including phenoxy) is 2. The Morgan fingerprint density at radius 1 is 0.618 bits per heavy atom. The van der Waals surface area contributed by atoms with Crippen LogP contribution in [0.15, 0.2) is 12.2 Å². The Hall–Kier alpha value is -1.15. The summed E-state index contributed by atoms with van der Waals surface area (Å²) in [5, 5.41) is 75.5. The largest absolute Gasteiger partial charge is 0.394 e. The van der Waals surface area contributed by atoms with Crippen molar-refractivity contribution in [3.05, 3.63) is 12.2 Å². The summed E-state index contributed by atoms with van der Waals surface area (Å²) in [7, 11) is 0. The van der Waals surface area contributed by atoms with Crippen molar-refractivity contribution in [3.8, 4) is 0 Å². The SMILES string of the molecule is CCCCCCCCC/C=C/CCCC(O)C(O)C(COC1OC(CO)C(O)C(O)C1O)NC(=O)C(O)CCCCCCCCCCCCCCCCCC. The van der Waals surface area contributed by atoms with Crippen LogP contribution >= 0.6 is 0 Å². The van der Waals surface area contributed by atoms with Crippen LogP contribution < -0.4 is 5.32 Å². The van der Waals surface area contributed by atoms with E-state index in [-0.39, 0.29) is 12.8 Å². The Morgan fingerprint density at radius 3 is 1.56 bits per heavy atom. The normalized spacial score (nSPS) is 22.5. The van der Waals surface area contributed by atoms with Crippen molar-refractivity contribution in [2.45, 2.75) is 249 Å². The molecule has 1 rings (SSSR count). The van der Waals surface area contributed by atoms with Gasteiger partial charge in [-0.3, -0.25) is 4.79 Å². The Bertz CT molecular complexity index is 908. The monoisotopic (exact) mass is 788 g/mol. The third-order valence-corrected chi connectivity index (χ3v) is 11.1. The summed E-state index contributed by atoms with van der Waals surface area (Å²) in [5.74, 6) is -0.706. The molecule has 8 N–H and O–H groups in total. The fourth-order valence-electron chi connectivity index (χ4n) is 7.26. The first-order chi connectivity index (χ1) is 26.7. The minimum Gasteiger partial charge on any atom is -0.394 e. The number of hydrogen-bond donors (Lipinski definition) is 8. The molecule has 0 aromatic heterocycles. The fourth-order valence-corrected chi connectivity index (χ4v) is 7.26. The molecule has 326 valence electrons. The van der Waals surface area contributed by atoms with Gasteiger partial charge in [0.15, 0.2) is 6.29 Å². The lowest BCUT2D eigenvalue weighted by Crippen LogP contribution is -2.60. The maximum Gasteiger partial charge on any atom is 0.249 e. The molecule has 1 saturated heterocycles. The lowest BCUT2D eigenvalue weighted by atomic mass is 9.98. The quantitative estimate of drug-likeness (QED) is 0.0243. The van der Waals surface area contributed by atoms with Gasteiger partial charge in [-0.1, -0.05) is 167 Å². The van der Waals surface area contributed by atoms with E-state index in [9.17, 15) is 40.5 Å². The first-order valence-electron chi connectivity index (χ1n) is 22.6. The van der Waals surface area contributed by atoms with E-state index in [1.807, 2.05) is 0 Å². The molecule has 0 aliphatic carbocycles.